The van der Waals surface area contributed by atoms with E-state index in [0.29, 0.717) is 12.6 Å². The monoisotopic (exact) mass is 303 g/mol. The van der Waals surface area contributed by atoms with E-state index in [1.165, 1.54) is 0 Å². The fourth-order valence-electron chi connectivity index (χ4n) is 2.25. The first kappa shape index (κ1) is 15.6. The molecule has 1 aliphatic rings. The third-order valence-corrected chi connectivity index (χ3v) is 3.41. The Kier molecular flexibility index (Phi) is 4.66. The van der Waals surface area contributed by atoms with Crippen LogP contribution in [0.5, 0.6) is 0 Å². The number of halogens is 3. The lowest BCUT2D eigenvalue weighted by atomic mass is 10.00. The summed E-state index contributed by atoms with van der Waals surface area (Å²) >= 11 is 0. The molecule has 0 radical (unpaired) electrons. The van der Waals surface area contributed by atoms with Crippen LogP contribution in [-0.2, 0) is 6.18 Å². The van der Waals surface area contributed by atoms with Crippen LogP contribution in [0.2, 0.25) is 0 Å². The van der Waals surface area contributed by atoms with Gasteiger partial charge in [-0.3, -0.25) is 9.59 Å². The predicted octanol–water partition coefficient (Wildman–Crippen LogP) is 1.12. The van der Waals surface area contributed by atoms with E-state index in [0.717, 1.165) is 32.0 Å². The van der Waals surface area contributed by atoms with Gasteiger partial charge in [0.05, 0.1) is 0 Å². The highest BCUT2D eigenvalue weighted by atomic mass is 19.4. The molecular weight excluding hydrogens is 287 g/mol. The molecule has 1 saturated heterocycles. The molecule has 8 heteroatoms. The van der Waals surface area contributed by atoms with Gasteiger partial charge in [0, 0.05) is 6.54 Å². The standard InChI is InChI=1S/C13H16F3N3O2/c14-13(15,16)10-4-3-9(12(21)19-10)11(20)18-7-8-2-1-5-17-6-8/h3-4,8,17H,1-2,5-7H2,(H,18,20)(H,19,21). The summed E-state index contributed by atoms with van der Waals surface area (Å²) in [7, 11) is 0. The molecular formula is C13H16F3N3O2. The van der Waals surface area contributed by atoms with E-state index in [9.17, 15) is 22.8 Å². The fraction of sp³-hybridized carbons (Fsp3) is 0.538. The molecule has 2 heterocycles. The molecule has 1 aliphatic heterocycles. The van der Waals surface area contributed by atoms with Gasteiger partial charge in [0.1, 0.15) is 11.3 Å². The topological polar surface area (TPSA) is 74.0 Å². The molecule has 1 atom stereocenters. The van der Waals surface area contributed by atoms with Crippen molar-refractivity contribution in [2.45, 2.75) is 19.0 Å². The second-order valence-electron chi connectivity index (χ2n) is 5.03. The highest BCUT2D eigenvalue weighted by Crippen LogP contribution is 2.26. The van der Waals surface area contributed by atoms with Crippen molar-refractivity contribution in [3.63, 3.8) is 0 Å². The summed E-state index contributed by atoms with van der Waals surface area (Å²) < 4.78 is 37.2. The number of H-pyrrole nitrogens is 1. The zero-order valence-corrected chi connectivity index (χ0v) is 11.2. The van der Waals surface area contributed by atoms with Crippen molar-refractivity contribution in [3.8, 4) is 0 Å². The maximum Gasteiger partial charge on any atom is 0.431 e. The Balaban J connectivity index is 2.00. The number of nitrogens with one attached hydrogen (secondary N) is 3. The van der Waals surface area contributed by atoms with Gasteiger partial charge >= 0.3 is 6.18 Å². The van der Waals surface area contributed by atoms with E-state index < -0.39 is 23.3 Å². The molecule has 0 saturated carbocycles. The van der Waals surface area contributed by atoms with Crippen molar-refractivity contribution < 1.29 is 18.0 Å². The molecule has 116 valence electrons. The van der Waals surface area contributed by atoms with Crippen LogP contribution in [0, 0.1) is 5.92 Å². The van der Waals surface area contributed by atoms with Crippen LogP contribution in [0.15, 0.2) is 16.9 Å². The van der Waals surface area contributed by atoms with E-state index in [1.54, 1.807) is 4.98 Å². The van der Waals surface area contributed by atoms with Crippen molar-refractivity contribution in [2.75, 3.05) is 19.6 Å². The van der Waals surface area contributed by atoms with Crippen LogP contribution in [0.3, 0.4) is 0 Å². The molecule has 3 N–H and O–H groups in total. The zero-order valence-electron chi connectivity index (χ0n) is 11.2. The van der Waals surface area contributed by atoms with Gasteiger partial charge in [-0.2, -0.15) is 13.2 Å². The average molecular weight is 303 g/mol. The number of aromatic amines is 1. The summed E-state index contributed by atoms with van der Waals surface area (Å²) in [6.45, 7) is 2.12. The van der Waals surface area contributed by atoms with Gasteiger partial charge in [0.15, 0.2) is 0 Å². The molecule has 0 bridgehead atoms. The third-order valence-electron chi connectivity index (χ3n) is 3.41. The summed E-state index contributed by atoms with van der Waals surface area (Å²) in [5.41, 5.74) is -2.52. The Morgan fingerprint density at radius 2 is 2.14 bits per heavy atom. The van der Waals surface area contributed by atoms with Gasteiger partial charge in [-0.1, -0.05) is 0 Å². The summed E-state index contributed by atoms with van der Waals surface area (Å²) in [6.07, 6.45) is -2.65. The molecule has 1 aromatic rings. The second-order valence-corrected chi connectivity index (χ2v) is 5.03. The quantitative estimate of drug-likeness (QED) is 0.783. The Bertz CT molecular complexity index is 563. The lowest BCUT2D eigenvalue weighted by Gasteiger charge is -2.22. The maximum absolute atomic E-state index is 12.4. The maximum atomic E-state index is 12.4. The highest BCUT2D eigenvalue weighted by Gasteiger charge is 2.32. The summed E-state index contributed by atoms with van der Waals surface area (Å²) in [4.78, 5) is 25.1. The Morgan fingerprint density at radius 3 is 2.71 bits per heavy atom. The van der Waals surface area contributed by atoms with Crippen molar-refractivity contribution in [3.05, 3.63) is 33.7 Å². The molecule has 1 fully saturated rings. The largest absolute Gasteiger partial charge is 0.431 e. The summed E-state index contributed by atoms with van der Waals surface area (Å²) in [6, 6.07) is 1.59. The number of piperidine rings is 1. The number of carbonyl (C=O) groups is 1. The van der Waals surface area contributed by atoms with Crippen LogP contribution in [-0.4, -0.2) is 30.5 Å². The number of hydrogen-bond donors (Lipinski definition) is 3. The van der Waals surface area contributed by atoms with E-state index >= 15 is 0 Å². The summed E-state index contributed by atoms with van der Waals surface area (Å²) in [5.74, 6) is -0.383. The van der Waals surface area contributed by atoms with E-state index in [-0.39, 0.29) is 11.5 Å². The lowest BCUT2D eigenvalue weighted by molar-refractivity contribution is -0.141. The first-order chi connectivity index (χ1) is 9.88. The van der Waals surface area contributed by atoms with Crippen LogP contribution in [0.25, 0.3) is 0 Å². The number of hydrogen-bond acceptors (Lipinski definition) is 3. The molecule has 2 rings (SSSR count). The van der Waals surface area contributed by atoms with Gasteiger partial charge in [0.25, 0.3) is 11.5 Å². The molecule has 5 nitrogen and oxygen atoms in total. The Hall–Kier alpha value is -1.83. The van der Waals surface area contributed by atoms with Crippen LogP contribution < -0.4 is 16.2 Å². The van der Waals surface area contributed by atoms with Crippen LogP contribution >= 0.6 is 0 Å². The van der Waals surface area contributed by atoms with Gasteiger partial charge in [-0.25, -0.2) is 0 Å². The molecule has 1 unspecified atom stereocenters. The molecule has 0 aliphatic carbocycles. The SMILES string of the molecule is O=C(NCC1CCCNC1)c1ccc(C(F)(F)F)[nH]c1=O. The van der Waals surface area contributed by atoms with Crippen LogP contribution in [0.4, 0.5) is 13.2 Å². The first-order valence-corrected chi connectivity index (χ1v) is 6.67. The number of carbonyl (C=O) groups excluding carboxylic acids is 1. The van der Waals surface area contributed by atoms with Crippen LogP contribution in [0.1, 0.15) is 28.9 Å². The van der Waals surface area contributed by atoms with E-state index in [2.05, 4.69) is 10.6 Å². The number of rotatable bonds is 3. The minimum atomic E-state index is -4.64. The normalized spacial score (nSPS) is 19.3. The Labute approximate surface area is 118 Å². The molecule has 0 spiro atoms. The minimum Gasteiger partial charge on any atom is -0.352 e. The molecule has 1 aromatic heterocycles. The van der Waals surface area contributed by atoms with Gasteiger partial charge in [-0.15, -0.1) is 0 Å². The van der Waals surface area contributed by atoms with Crippen molar-refractivity contribution >= 4 is 5.91 Å². The van der Waals surface area contributed by atoms with Crippen molar-refractivity contribution in [2.24, 2.45) is 5.92 Å². The zero-order chi connectivity index (χ0) is 15.5. The van der Waals surface area contributed by atoms with Crippen molar-refractivity contribution in [1.82, 2.24) is 15.6 Å². The fourth-order valence-corrected chi connectivity index (χ4v) is 2.25. The predicted molar refractivity (Wildman–Crippen MR) is 70.0 cm³/mol. The van der Waals surface area contributed by atoms with E-state index in [1.807, 2.05) is 0 Å². The third kappa shape index (κ3) is 4.07. The number of alkyl halides is 3. The van der Waals surface area contributed by atoms with E-state index in [4.69, 9.17) is 0 Å². The highest BCUT2D eigenvalue weighted by molar-refractivity contribution is 5.93. The number of aromatic nitrogens is 1. The second kappa shape index (κ2) is 6.30. The van der Waals surface area contributed by atoms with Crippen molar-refractivity contribution in [1.29, 1.82) is 0 Å². The minimum absolute atomic E-state index is 0.274. The Morgan fingerprint density at radius 1 is 1.38 bits per heavy atom. The first-order valence-electron chi connectivity index (χ1n) is 6.67. The average Bonchev–Trinajstić information content (AvgIpc) is 2.45. The number of amides is 1. The number of pyridine rings is 1. The molecule has 1 amide bonds. The van der Waals surface area contributed by atoms with Gasteiger partial charge in [-0.05, 0) is 44.0 Å². The molecule has 21 heavy (non-hydrogen) atoms. The smallest absolute Gasteiger partial charge is 0.352 e. The van der Waals surface area contributed by atoms with Gasteiger partial charge < -0.3 is 15.6 Å². The van der Waals surface area contributed by atoms with Gasteiger partial charge in [0.2, 0.25) is 0 Å². The summed E-state index contributed by atoms with van der Waals surface area (Å²) in [5, 5.41) is 5.78. The molecule has 0 aromatic carbocycles. The lowest BCUT2D eigenvalue weighted by Crippen LogP contribution is -2.39.